The summed E-state index contributed by atoms with van der Waals surface area (Å²) in [6, 6.07) is 14.7. The number of hydrogen-bond donors (Lipinski definition) is 3. The van der Waals surface area contributed by atoms with Gasteiger partial charge in [-0.15, -0.1) is 0 Å². The maximum Gasteiger partial charge on any atom is 0.452 e. The Morgan fingerprint density at radius 3 is 2.30 bits per heavy atom. The first-order valence-electron chi connectivity index (χ1n) is 12.6. The molecule has 0 spiro atoms. The van der Waals surface area contributed by atoms with Crippen molar-refractivity contribution in [3.8, 4) is 11.5 Å². The number of nitrogens with one attached hydrogen (secondary N) is 2. The normalized spacial score (nSPS) is 14.9. The van der Waals surface area contributed by atoms with Crippen LogP contribution in [0, 0.1) is 11.3 Å². The SMILES string of the molecule is CC(CC(=N)C(=O)N1CCC(c2ccc(NC(=O)c3nc(-c4ccccc4)oc3C(F)(F)F)cc2)CC1)C(=O)O. The van der Waals surface area contributed by atoms with Crippen LogP contribution in [0.2, 0.25) is 0 Å². The molecule has 2 heterocycles. The molecule has 210 valence electrons. The van der Waals surface area contributed by atoms with Crippen molar-refractivity contribution in [2.75, 3.05) is 18.4 Å². The van der Waals surface area contributed by atoms with E-state index in [1.54, 1.807) is 47.4 Å². The molecule has 0 saturated carbocycles. The molecule has 1 unspecified atom stereocenters. The van der Waals surface area contributed by atoms with E-state index in [-0.39, 0.29) is 29.6 Å². The lowest BCUT2D eigenvalue weighted by molar-refractivity contribution is -0.153. The highest BCUT2D eigenvalue weighted by atomic mass is 19.4. The van der Waals surface area contributed by atoms with Crippen LogP contribution in [0.1, 0.15) is 53.9 Å². The lowest BCUT2D eigenvalue weighted by Gasteiger charge is -2.32. The first kappa shape index (κ1) is 28.5. The van der Waals surface area contributed by atoms with E-state index in [9.17, 15) is 27.6 Å². The van der Waals surface area contributed by atoms with Crippen LogP contribution in [-0.2, 0) is 15.8 Å². The third-order valence-electron chi connectivity index (χ3n) is 6.73. The number of halogens is 3. The molecule has 40 heavy (non-hydrogen) atoms. The second-order valence-corrected chi connectivity index (χ2v) is 9.63. The number of likely N-dealkylation sites (tertiary alicyclic amines) is 1. The quantitative estimate of drug-likeness (QED) is 0.316. The Labute approximate surface area is 227 Å². The number of anilines is 1. The third-order valence-corrected chi connectivity index (χ3v) is 6.73. The first-order valence-corrected chi connectivity index (χ1v) is 12.6. The van der Waals surface area contributed by atoms with E-state index in [4.69, 9.17) is 14.9 Å². The summed E-state index contributed by atoms with van der Waals surface area (Å²) >= 11 is 0. The van der Waals surface area contributed by atoms with Crippen molar-refractivity contribution in [1.29, 1.82) is 5.41 Å². The maximum absolute atomic E-state index is 13.6. The van der Waals surface area contributed by atoms with Crippen LogP contribution < -0.4 is 5.32 Å². The van der Waals surface area contributed by atoms with E-state index in [1.807, 2.05) is 0 Å². The van der Waals surface area contributed by atoms with Crippen molar-refractivity contribution in [2.24, 2.45) is 5.92 Å². The zero-order valence-electron chi connectivity index (χ0n) is 21.5. The van der Waals surface area contributed by atoms with Crippen LogP contribution in [0.3, 0.4) is 0 Å². The molecule has 2 aromatic carbocycles. The minimum Gasteiger partial charge on any atom is -0.481 e. The van der Waals surface area contributed by atoms with Gasteiger partial charge in [0.05, 0.1) is 11.6 Å². The Kier molecular flexibility index (Phi) is 8.36. The van der Waals surface area contributed by atoms with Gasteiger partial charge in [0.15, 0.2) is 5.69 Å². The average molecular weight is 557 g/mol. The minimum absolute atomic E-state index is 0.0988. The molecule has 0 radical (unpaired) electrons. The lowest BCUT2D eigenvalue weighted by atomic mass is 9.89. The van der Waals surface area contributed by atoms with E-state index in [1.165, 1.54) is 19.1 Å². The molecule has 1 aliphatic rings. The Balaban J connectivity index is 1.38. The van der Waals surface area contributed by atoms with Crippen molar-refractivity contribution in [3.05, 3.63) is 71.6 Å². The number of nitrogens with zero attached hydrogens (tertiary/aromatic N) is 2. The number of carboxylic acids is 1. The number of piperidine rings is 1. The highest BCUT2D eigenvalue weighted by Crippen LogP contribution is 2.36. The Bertz CT molecular complexity index is 1400. The summed E-state index contributed by atoms with van der Waals surface area (Å²) in [6.45, 7) is 2.26. The number of hydrogen-bond acceptors (Lipinski definition) is 6. The van der Waals surface area contributed by atoms with Crippen LogP contribution in [0.4, 0.5) is 18.9 Å². The number of carbonyl (C=O) groups is 3. The molecule has 1 saturated heterocycles. The van der Waals surface area contributed by atoms with Gasteiger partial charge >= 0.3 is 12.1 Å². The predicted octanol–water partition coefficient (Wildman–Crippen LogP) is 5.45. The van der Waals surface area contributed by atoms with Gasteiger partial charge in [0.25, 0.3) is 11.8 Å². The van der Waals surface area contributed by atoms with Gasteiger partial charge in [-0.05, 0) is 48.6 Å². The summed E-state index contributed by atoms with van der Waals surface area (Å²) in [6.07, 6.45) is -3.81. The van der Waals surface area contributed by atoms with Crippen molar-refractivity contribution >= 4 is 29.2 Å². The summed E-state index contributed by atoms with van der Waals surface area (Å²) in [5.41, 5.74) is 0.417. The Hall–Kier alpha value is -4.48. The lowest BCUT2D eigenvalue weighted by Crippen LogP contribution is -2.42. The molecule has 3 N–H and O–H groups in total. The van der Waals surface area contributed by atoms with E-state index in [2.05, 4.69) is 10.3 Å². The van der Waals surface area contributed by atoms with E-state index in [0.29, 0.717) is 31.5 Å². The number of alkyl halides is 3. The van der Waals surface area contributed by atoms with Gasteiger partial charge in [-0.2, -0.15) is 13.2 Å². The largest absolute Gasteiger partial charge is 0.481 e. The van der Waals surface area contributed by atoms with Crippen LogP contribution in [0.25, 0.3) is 11.5 Å². The van der Waals surface area contributed by atoms with Gasteiger partial charge in [-0.1, -0.05) is 37.3 Å². The third kappa shape index (κ3) is 6.56. The Morgan fingerprint density at radius 2 is 1.73 bits per heavy atom. The standard InChI is InChI=1S/C28H27F3N4O5/c1-16(27(38)39)15-21(32)26(37)35-13-11-18(12-14-35)17-7-9-20(10-8-17)33-24(36)22-23(28(29,30)31)40-25(34-22)19-5-3-2-4-6-19/h2-10,16,18,32H,11-15H2,1H3,(H,33,36)(H,38,39). The molecule has 0 bridgehead atoms. The molecular weight excluding hydrogens is 529 g/mol. The average Bonchev–Trinajstić information content (AvgIpc) is 3.40. The minimum atomic E-state index is -4.92. The summed E-state index contributed by atoms with van der Waals surface area (Å²) in [7, 11) is 0. The topological polar surface area (TPSA) is 137 Å². The fraction of sp³-hybridized carbons (Fsp3) is 0.321. The van der Waals surface area contributed by atoms with Gasteiger partial charge in [0, 0.05) is 30.8 Å². The fourth-order valence-corrected chi connectivity index (χ4v) is 4.49. The van der Waals surface area contributed by atoms with Gasteiger partial charge in [0.2, 0.25) is 11.7 Å². The predicted molar refractivity (Wildman–Crippen MR) is 139 cm³/mol. The molecule has 9 nitrogen and oxygen atoms in total. The number of benzene rings is 2. The number of aliphatic carboxylic acids is 1. The number of aromatic nitrogens is 1. The number of rotatable bonds is 8. The van der Waals surface area contributed by atoms with E-state index < -0.39 is 41.3 Å². The molecule has 1 aromatic heterocycles. The molecule has 1 atom stereocenters. The number of amides is 2. The molecular formula is C28H27F3N4O5. The van der Waals surface area contributed by atoms with Gasteiger partial charge in [-0.25, -0.2) is 4.98 Å². The number of carbonyl (C=O) groups excluding carboxylic acids is 2. The van der Waals surface area contributed by atoms with Gasteiger partial charge in [-0.3, -0.25) is 19.8 Å². The highest BCUT2D eigenvalue weighted by Gasteiger charge is 2.42. The zero-order chi connectivity index (χ0) is 29.0. The second kappa shape index (κ2) is 11.7. The summed E-state index contributed by atoms with van der Waals surface area (Å²) in [5.74, 6) is -5.10. The van der Waals surface area contributed by atoms with Gasteiger partial charge < -0.3 is 19.7 Å². The molecule has 3 aromatic rings. The van der Waals surface area contributed by atoms with Crippen molar-refractivity contribution in [3.63, 3.8) is 0 Å². The summed E-state index contributed by atoms with van der Waals surface area (Å²) < 4.78 is 45.6. The molecule has 0 aliphatic carbocycles. The smallest absolute Gasteiger partial charge is 0.452 e. The Morgan fingerprint density at radius 1 is 1.10 bits per heavy atom. The molecule has 1 fully saturated rings. The van der Waals surface area contributed by atoms with Crippen LogP contribution in [0.15, 0.2) is 59.0 Å². The van der Waals surface area contributed by atoms with Crippen LogP contribution in [0.5, 0.6) is 0 Å². The number of carboxylic acid groups (broad SMARTS) is 1. The zero-order valence-corrected chi connectivity index (χ0v) is 21.5. The van der Waals surface area contributed by atoms with Gasteiger partial charge in [0.1, 0.15) is 0 Å². The highest BCUT2D eigenvalue weighted by molar-refractivity contribution is 6.37. The second-order valence-electron chi connectivity index (χ2n) is 9.63. The molecule has 12 heteroatoms. The maximum atomic E-state index is 13.6. The van der Waals surface area contributed by atoms with Crippen LogP contribution >= 0.6 is 0 Å². The monoisotopic (exact) mass is 556 g/mol. The summed E-state index contributed by atoms with van der Waals surface area (Å²) in [5, 5.41) is 19.4. The van der Waals surface area contributed by atoms with Crippen molar-refractivity contribution in [2.45, 2.75) is 38.3 Å². The first-order chi connectivity index (χ1) is 18.9. The number of oxazole rings is 1. The van der Waals surface area contributed by atoms with Crippen molar-refractivity contribution in [1.82, 2.24) is 9.88 Å². The summed E-state index contributed by atoms with van der Waals surface area (Å²) in [4.78, 5) is 41.6. The molecule has 4 rings (SSSR count). The van der Waals surface area contributed by atoms with Crippen LogP contribution in [-0.4, -0.2) is 51.6 Å². The van der Waals surface area contributed by atoms with Crippen molar-refractivity contribution < 1.29 is 37.1 Å². The fourth-order valence-electron chi connectivity index (χ4n) is 4.49. The van der Waals surface area contributed by atoms with E-state index in [0.717, 1.165) is 5.56 Å². The molecule has 1 aliphatic heterocycles. The van der Waals surface area contributed by atoms with E-state index >= 15 is 0 Å². The molecule has 2 amide bonds.